The molecule has 0 atom stereocenters. The zero-order chi connectivity index (χ0) is 9.56. The van der Waals surface area contributed by atoms with Gasteiger partial charge in [0.2, 0.25) is 5.91 Å². The monoisotopic (exact) mass is 172 g/mol. The van der Waals surface area contributed by atoms with Crippen LogP contribution < -0.4 is 5.73 Å². The number of hydrogen-bond donors (Lipinski definition) is 1. The summed E-state index contributed by atoms with van der Waals surface area (Å²) in [4.78, 5) is 12.2. The van der Waals surface area contributed by atoms with E-state index >= 15 is 0 Å². The highest BCUT2D eigenvalue weighted by molar-refractivity contribution is 5.75. The molecule has 0 aliphatic carbocycles. The highest BCUT2D eigenvalue weighted by Gasteiger charge is 2.14. The van der Waals surface area contributed by atoms with Crippen molar-refractivity contribution in [1.29, 1.82) is 0 Å². The van der Waals surface area contributed by atoms with Gasteiger partial charge in [0, 0.05) is 0 Å². The van der Waals surface area contributed by atoms with E-state index in [1.54, 1.807) is 0 Å². The molecule has 12 heavy (non-hydrogen) atoms. The van der Waals surface area contributed by atoms with E-state index in [0.29, 0.717) is 6.54 Å². The van der Waals surface area contributed by atoms with Gasteiger partial charge in [0.25, 0.3) is 0 Å². The van der Waals surface area contributed by atoms with Crippen LogP contribution >= 0.6 is 0 Å². The predicted molar refractivity (Wildman–Crippen MR) is 50.8 cm³/mol. The van der Waals surface area contributed by atoms with Gasteiger partial charge in [0.15, 0.2) is 0 Å². The van der Waals surface area contributed by atoms with Crippen LogP contribution in [0.3, 0.4) is 0 Å². The first-order valence-electron chi connectivity index (χ1n) is 4.53. The van der Waals surface area contributed by atoms with Crippen molar-refractivity contribution in [3.63, 3.8) is 0 Å². The molecule has 3 nitrogen and oxygen atoms in total. The minimum atomic E-state index is -0.218. The Bertz CT molecular complexity index is 128. The molecule has 0 aromatic carbocycles. The summed E-state index contributed by atoms with van der Waals surface area (Å²) in [7, 11) is 0. The number of likely N-dealkylation sites (tertiary alicyclic amines) is 1. The van der Waals surface area contributed by atoms with Crippen LogP contribution in [0, 0.1) is 5.92 Å². The minimum absolute atomic E-state index is 0.218. The predicted octanol–water partition coefficient (Wildman–Crippen LogP) is 0.840. The molecule has 3 heteroatoms. The molecule has 1 heterocycles. The molecule has 1 aliphatic heterocycles. The van der Waals surface area contributed by atoms with E-state index in [0.717, 1.165) is 19.0 Å². The standard InChI is InChI=1S/C5H10N2O.C4H10/c6-5(8)4-7-2-1-3-7;1-4(2)3/h1-4H2,(H2,6,8);4H,1-3H3. The maximum atomic E-state index is 10.2. The summed E-state index contributed by atoms with van der Waals surface area (Å²) >= 11 is 0. The number of carbonyl (C=O) groups is 1. The molecule has 1 saturated heterocycles. The number of amides is 1. The smallest absolute Gasteiger partial charge is 0.231 e. The Kier molecular flexibility index (Phi) is 5.72. The largest absolute Gasteiger partial charge is 0.369 e. The van der Waals surface area contributed by atoms with Gasteiger partial charge >= 0.3 is 0 Å². The average Bonchev–Trinajstić information content (AvgIpc) is 1.77. The Balaban J connectivity index is 0.000000261. The minimum Gasteiger partial charge on any atom is -0.369 e. The van der Waals surface area contributed by atoms with E-state index in [4.69, 9.17) is 5.73 Å². The second-order valence-electron chi connectivity index (χ2n) is 3.83. The van der Waals surface area contributed by atoms with Crippen LogP contribution in [0.25, 0.3) is 0 Å². The van der Waals surface area contributed by atoms with Crippen molar-refractivity contribution in [1.82, 2.24) is 4.90 Å². The Morgan fingerprint density at radius 3 is 1.92 bits per heavy atom. The first kappa shape index (κ1) is 11.4. The van der Waals surface area contributed by atoms with Crippen molar-refractivity contribution in [2.75, 3.05) is 19.6 Å². The molecule has 1 fully saturated rings. The summed E-state index contributed by atoms with van der Waals surface area (Å²) in [6.45, 7) is 9.03. The third kappa shape index (κ3) is 7.54. The second kappa shape index (κ2) is 6.00. The lowest BCUT2D eigenvalue weighted by Gasteiger charge is -2.28. The normalized spacial score (nSPS) is 16.3. The van der Waals surface area contributed by atoms with Crippen LogP contribution in [0.5, 0.6) is 0 Å². The number of rotatable bonds is 2. The molecular weight excluding hydrogens is 152 g/mol. The summed E-state index contributed by atoms with van der Waals surface area (Å²) in [5, 5.41) is 0. The van der Waals surface area contributed by atoms with Gasteiger partial charge in [0.1, 0.15) is 0 Å². The van der Waals surface area contributed by atoms with Crippen molar-refractivity contribution in [3.05, 3.63) is 0 Å². The van der Waals surface area contributed by atoms with E-state index in [2.05, 4.69) is 20.8 Å². The van der Waals surface area contributed by atoms with E-state index in [1.165, 1.54) is 6.42 Å². The second-order valence-corrected chi connectivity index (χ2v) is 3.83. The van der Waals surface area contributed by atoms with Crippen molar-refractivity contribution in [2.24, 2.45) is 11.7 Å². The molecule has 0 spiro atoms. The highest BCUT2D eigenvalue weighted by atomic mass is 16.1. The SMILES string of the molecule is CC(C)C.NC(=O)CN1CCC1. The van der Waals surface area contributed by atoms with Crippen LogP contribution in [-0.2, 0) is 4.79 Å². The molecule has 1 aliphatic rings. The van der Waals surface area contributed by atoms with Gasteiger partial charge in [0.05, 0.1) is 6.54 Å². The molecular formula is C9H20N2O. The fraction of sp³-hybridized carbons (Fsp3) is 0.889. The summed E-state index contributed by atoms with van der Waals surface area (Å²) in [6.07, 6.45) is 1.22. The number of hydrogen-bond acceptors (Lipinski definition) is 2. The molecule has 0 radical (unpaired) electrons. The fourth-order valence-corrected chi connectivity index (χ4v) is 0.760. The van der Waals surface area contributed by atoms with Crippen molar-refractivity contribution in [3.8, 4) is 0 Å². The van der Waals surface area contributed by atoms with Crippen molar-refractivity contribution >= 4 is 5.91 Å². The average molecular weight is 172 g/mol. The lowest BCUT2D eigenvalue weighted by atomic mass is 10.2. The van der Waals surface area contributed by atoms with E-state index in [1.807, 2.05) is 4.90 Å². The van der Waals surface area contributed by atoms with Gasteiger partial charge < -0.3 is 5.73 Å². The third-order valence-corrected chi connectivity index (χ3v) is 1.33. The summed E-state index contributed by atoms with van der Waals surface area (Å²) in [6, 6.07) is 0. The molecule has 2 N–H and O–H groups in total. The third-order valence-electron chi connectivity index (χ3n) is 1.33. The summed E-state index contributed by atoms with van der Waals surface area (Å²) < 4.78 is 0. The van der Waals surface area contributed by atoms with Crippen LogP contribution in [0.1, 0.15) is 27.2 Å². The molecule has 1 amide bonds. The lowest BCUT2D eigenvalue weighted by Crippen LogP contribution is -2.42. The number of nitrogens with two attached hydrogens (primary N) is 1. The maximum absolute atomic E-state index is 10.2. The Hall–Kier alpha value is -0.570. The first-order valence-corrected chi connectivity index (χ1v) is 4.53. The van der Waals surface area contributed by atoms with Crippen LogP contribution in [0.2, 0.25) is 0 Å². The Morgan fingerprint density at radius 1 is 1.42 bits per heavy atom. The lowest BCUT2D eigenvalue weighted by molar-refractivity contribution is -0.119. The number of carbonyl (C=O) groups excluding carboxylic acids is 1. The van der Waals surface area contributed by atoms with E-state index < -0.39 is 0 Å². The van der Waals surface area contributed by atoms with E-state index in [-0.39, 0.29) is 5.91 Å². The van der Waals surface area contributed by atoms with Crippen molar-refractivity contribution < 1.29 is 4.79 Å². The zero-order valence-corrected chi connectivity index (χ0v) is 8.34. The van der Waals surface area contributed by atoms with Crippen LogP contribution in [0.15, 0.2) is 0 Å². The molecule has 0 unspecified atom stereocenters. The molecule has 72 valence electrons. The summed E-state index contributed by atoms with van der Waals surface area (Å²) in [5.74, 6) is 0.615. The molecule has 0 saturated carbocycles. The number of nitrogens with zero attached hydrogens (tertiary/aromatic N) is 1. The van der Waals surface area contributed by atoms with Gasteiger partial charge in [-0.05, 0) is 25.4 Å². The highest BCUT2D eigenvalue weighted by Crippen LogP contribution is 2.02. The topological polar surface area (TPSA) is 46.3 Å². The summed E-state index contributed by atoms with van der Waals surface area (Å²) in [5.41, 5.74) is 4.92. The van der Waals surface area contributed by atoms with Crippen molar-refractivity contribution in [2.45, 2.75) is 27.2 Å². The molecule has 1 rings (SSSR count). The van der Waals surface area contributed by atoms with Gasteiger partial charge in [-0.2, -0.15) is 0 Å². The zero-order valence-electron chi connectivity index (χ0n) is 8.34. The van der Waals surface area contributed by atoms with Gasteiger partial charge in [-0.15, -0.1) is 0 Å². The van der Waals surface area contributed by atoms with Gasteiger partial charge in [-0.25, -0.2) is 0 Å². The van der Waals surface area contributed by atoms with E-state index in [9.17, 15) is 4.79 Å². The fourth-order valence-electron chi connectivity index (χ4n) is 0.760. The van der Waals surface area contributed by atoms with Crippen LogP contribution in [-0.4, -0.2) is 30.4 Å². The quantitative estimate of drug-likeness (QED) is 0.671. The Morgan fingerprint density at radius 2 is 1.83 bits per heavy atom. The molecule has 0 bridgehead atoms. The number of primary amides is 1. The van der Waals surface area contributed by atoms with Crippen LogP contribution in [0.4, 0.5) is 0 Å². The molecule has 0 aromatic heterocycles. The maximum Gasteiger partial charge on any atom is 0.231 e. The first-order chi connectivity index (χ1) is 5.52. The molecule has 0 aromatic rings. The van der Waals surface area contributed by atoms with Gasteiger partial charge in [-0.1, -0.05) is 20.8 Å². The van der Waals surface area contributed by atoms with Gasteiger partial charge in [-0.3, -0.25) is 9.69 Å². The Labute approximate surface area is 74.9 Å².